The van der Waals surface area contributed by atoms with E-state index in [9.17, 15) is 4.79 Å². The average Bonchev–Trinajstić information content (AvgIpc) is 2.81. The van der Waals surface area contributed by atoms with Crippen LogP contribution in [-0.4, -0.2) is 31.9 Å². The molecule has 3 rings (SSSR count). The molecule has 0 atom stereocenters. The van der Waals surface area contributed by atoms with Gasteiger partial charge in [-0.15, -0.1) is 0 Å². The highest BCUT2D eigenvalue weighted by Gasteiger charge is 2.07. The number of methoxy groups -OCH3 is 2. The minimum atomic E-state index is -1.07. The van der Waals surface area contributed by atoms with Crippen molar-refractivity contribution in [3.63, 3.8) is 0 Å². The molecule has 0 spiro atoms. The van der Waals surface area contributed by atoms with Gasteiger partial charge in [-0.25, -0.2) is 4.79 Å². The maximum Gasteiger partial charge on any atom is 0.341 e. The normalized spacial score (nSPS) is 10.7. The second kappa shape index (κ2) is 11.1. The fourth-order valence-corrected chi connectivity index (χ4v) is 3.11. The summed E-state index contributed by atoms with van der Waals surface area (Å²) in [5.41, 5.74) is 2.78. The molecule has 0 saturated carbocycles. The SMILES string of the molecule is COc1ccc(/C=C/c2cc(OC)cc(OCc3ccc(OCC(=O)O)c(Cl)c3)c2)cc1. The van der Waals surface area contributed by atoms with Gasteiger partial charge in [0.2, 0.25) is 0 Å². The van der Waals surface area contributed by atoms with Crippen LogP contribution < -0.4 is 18.9 Å². The number of rotatable bonds is 10. The molecule has 0 saturated heterocycles. The summed E-state index contributed by atoms with van der Waals surface area (Å²) in [6.45, 7) is -0.181. The number of hydrogen-bond donors (Lipinski definition) is 1. The molecule has 0 aliphatic heterocycles. The fraction of sp³-hybridized carbons (Fsp3) is 0.160. The number of benzene rings is 3. The molecule has 0 heterocycles. The third-order valence-electron chi connectivity index (χ3n) is 4.48. The molecule has 1 N–H and O–H groups in total. The van der Waals surface area contributed by atoms with Crippen molar-refractivity contribution >= 4 is 29.7 Å². The van der Waals surface area contributed by atoms with Gasteiger partial charge in [-0.1, -0.05) is 42.0 Å². The molecular formula is C25H23ClO6. The number of halogens is 1. The van der Waals surface area contributed by atoms with Gasteiger partial charge in [-0.2, -0.15) is 0 Å². The molecule has 0 aliphatic carbocycles. The summed E-state index contributed by atoms with van der Waals surface area (Å²) in [6.07, 6.45) is 3.97. The highest BCUT2D eigenvalue weighted by Crippen LogP contribution is 2.28. The van der Waals surface area contributed by atoms with E-state index in [1.807, 2.05) is 48.6 Å². The molecule has 166 valence electrons. The highest BCUT2D eigenvalue weighted by atomic mass is 35.5. The minimum absolute atomic E-state index is 0.272. The Balaban J connectivity index is 1.69. The fourth-order valence-electron chi connectivity index (χ4n) is 2.86. The molecule has 0 unspecified atom stereocenters. The first kappa shape index (κ1) is 23.0. The average molecular weight is 455 g/mol. The standard InChI is InChI=1S/C25H23ClO6/c1-29-20-8-5-17(6-9-20)3-4-18-11-21(30-2)14-22(12-18)31-15-19-7-10-24(23(26)13-19)32-16-25(27)28/h3-14H,15-16H2,1-2H3,(H,27,28)/b4-3+. The summed E-state index contributed by atoms with van der Waals surface area (Å²) < 4.78 is 21.6. The van der Waals surface area contributed by atoms with Gasteiger partial charge < -0.3 is 24.1 Å². The van der Waals surface area contributed by atoms with E-state index >= 15 is 0 Å². The maximum atomic E-state index is 10.6. The van der Waals surface area contributed by atoms with Crippen LogP contribution in [-0.2, 0) is 11.4 Å². The second-order valence-corrected chi connectivity index (χ2v) is 7.19. The second-order valence-electron chi connectivity index (χ2n) is 6.78. The molecule has 0 fully saturated rings. The quantitative estimate of drug-likeness (QED) is 0.404. The van der Waals surface area contributed by atoms with Crippen molar-refractivity contribution in [1.29, 1.82) is 0 Å². The molecule has 6 nitrogen and oxygen atoms in total. The summed E-state index contributed by atoms with van der Waals surface area (Å²) in [5, 5.41) is 9.03. The molecule has 0 bridgehead atoms. The van der Waals surface area contributed by atoms with E-state index < -0.39 is 12.6 Å². The molecule has 3 aromatic rings. The van der Waals surface area contributed by atoms with Gasteiger partial charge in [0.25, 0.3) is 0 Å². The van der Waals surface area contributed by atoms with Gasteiger partial charge in [0.1, 0.15) is 29.6 Å². The van der Waals surface area contributed by atoms with Crippen molar-refractivity contribution in [2.24, 2.45) is 0 Å². The number of aliphatic carboxylic acids is 1. The first-order valence-electron chi connectivity index (χ1n) is 9.74. The van der Waals surface area contributed by atoms with Crippen molar-refractivity contribution < 1.29 is 28.8 Å². The van der Waals surface area contributed by atoms with Crippen LogP contribution in [0, 0.1) is 0 Å². The van der Waals surface area contributed by atoms with Crippen LogP contribution in [0.5, 0.6) is 23.0 Å². The van der Waals surface area contributed by atoms with Gasteiger partial charge in [0, 0.05) is 6.07 Å². The monoisotopic (exact) mass is 454 g/mol. The smallest absolute Gasteiger partial charge is 0.341 e. The van der Waals surface area contributed by atoms with Gasteiger partial charge in [0.15, 0.2) is 6.61 Å². The van der Waals surface area contributed by atoms with E-state index in [0.29, 0.717) is 22.3 Å². The van der Waals surface area contributed by atoms with Crippen molar-refractivity contribution in [2.45, 2.75) is 6.61 Å². The van der Waals surface area contributed by atoms with E-state index in [1.54, 1.807) is 38.5 Å². The molecular weight excluding hydrogens is 432 g/mol. The van der Waals surface area contributed by atoms with E-state index in [-0.39, 0.29) is 6.61 Å². The Labute approximate surface area is 191 Å². The minimum Gasteiger partial charge on any atom is -0.497 e. The topological polar surface area (TPSA) is 74.2 Å². The van der Waals surface area contributed by atoms with Crippen molar-refractivity contribution in [3.05, 3.63) is 82.4 Å². The highest BCUT2D eigenvalue weighted by molar-refractivity contribution is 6.32. The lowest BCUT2D eigenvalue weighted by Crippen LogP contribution is -2.09. The van der Waals surface area contributed by atoms with E-state index in [0.717, 1.165) is 22.4 Å². The largest absolute Gasteiger partial charge is 0.497 e. The van der Waals surface area contributed by atoms with Crippen LogP contribution in [0.2, 0.25) is 5.02 Å². The molecule has 32 heavy (non-hydrogen) atoms. The van der Waals surface area contributed by atoms with E-state index in [1.165, 1.54) is 0 Å². The Morgan fingerprint density at radius 2 is 1.53 bits per heavy atom. The van der Waals surface area contributed by atoms with Crippen molar-refractivity contribution in [2.75, 3.05) is 20.8 Å². The van der Waals surface area contributed by atoms with Crippen LogP contribution in [0.4, 0.5) is 0 Å². The summed E-state index contributed by atoms with van der Waals surface area (Å²) in [5.74, 6) is 1.36. The zero-order valence-electron chi connectivity index (χ0n) is 17.7. The van der Waals surface area contributed by atoms with Crippen LogP contribution >= 0.6 is 11.6 Å². The van der Waals surface area contributed by atoms with Crippen molar-refractivity contribution in [1.82, 2.24) is 0 Å². The molecule has 0 radical (unpaired) electrons. The van der Waals surface area contributed by atoms with Crippen LogP contribution in [0.25, 0.3) is 12.2 Å². The molecule has 7 heteroatoms. The Bertz CT molecular complexity index is 1090. The Morgan fingerprint density at radius 3 is 2.19 bits per heavy atom. The maximum absolute atomic E-state index is 10.6. The van der Waals surface area contributed by atoms with Gasteiger partial charge in [-0.3, -0.25) is 0 Å². The number of ether oxygens (including phenoxy) is 4. The predicted molar refractivity (Wildman–Crippen MR) is 124 cm³/mol. The first-order valence-corrected chi connectivity index (χ1v) is 10.1. The zero-order chi connectivity index (χ0) is 22.9. The first-order chi connectivity index (χ1) is 15.5. The third kappa shape index (κ3) is 6.68. The van der Waals surface area contributed by atoms with Crippen molar-refractivity contribution in [3.8, 4) is 23.0 Å². The lowest BCUT2D eigenvalue weighted by atomic mass is 10.1. The Hall–Kier alpha value is -3.64. The lowest BCUT2D eigenvalue weighted by Gasteiger charge is -2.11. The molecule has 0 aromatic heterocycles. The number of hydrogen-bond acceptors (Lipinski definition) is 5. The summed E-state index contributed by atoms with van der Waals surface area (Å²) in [6, 6.07) is 18.5. The Kier molecular flexibility index (Phi) is 8.00. The molecule has 0 amide bonds. The van der Waals surface area contributed by atoms with Gasteiger partial charge in [-0.05, 0) is 53.1 Å². The third-order valence-corrected chi connectivity index (χ3v) is 4.77. The summed E-state index contributed by atoms with van der Waals surface area (Å²) in [4.78, 5) is 10.6. The number of carbonyl (C=O) groups is 1. The Morgan fingerprint density at radius 1 is 0.844 bits per heavy atom. The van der Waals surface area contributed by atoms with Crippen LogP contribution in [0.3, 0.4) is 0 Å². The molecule has 3 aromatic carbocycles. The summed E-state index contributed by atoms with van der Waals surface area (Å²) in [7, 11) is 3.24. The van der Waals surface area contributed by atoms with Gasteiger partial charge in [0.05, 0.1) is 19.2 Å². The number of carboxylic acid groups (broad SMARTS) is 1. The molecule has 0 aliphatic rings. The summed E-state index contributed by atoms with van der Waals surface area (Å²) >= 11 is 6.18. The van der Waals surface area contributed by atoms with Crippen LogP contribution in [0.1, 0.15) is 16.7 Å². The lowest BCUT2D eigenvalue weighted by molar-refractivity contribution is -0.139. The zero-order valence-corrected chi connectivity index (χ0v) is 18.5. The van der Waals surface area contributed by atoms with E-state index in [4.69, 9.17) is 35.7 Å². The predicted octanol–water partition coefficient (Wildman–Crippen LogP) is 5.57. The van der Waals surface area contributed by atoms with E-state index in [2.05, 4.69) is 0 Å². The number of carboxylic acids is 1. The van der Waals surface area contributed by atoms with Gasteiger partial charge >= 0.3 is 5.97 Å². The van der Waals surface area contributed by atoms with Crippen LogP contribution in [0.15, 0.2) is 60.7 Å².